The molecule has 0 spiro atoms. The highest BCUT2D eigenvalue weighted by molar-refractivity contribution is 6.30. The smallest absolute Gasteiger partial charge is 0.147 e. The summed E-state index contributed by atoms with van der Waals surface area (Å²) in [5.74, 6) is -0.602. The van der Waals surface area contributed by atoms with Gasteiger partial charge in [0.25, 0.3) is 0 Å². The highest BCUT2D eigenvalue weighted by Gasteiger charge is 2.17. The quantitative estimate of drug-likeness (QED) is 0.769. The van der Waals surface area contributed by atoms with E-state index < -0.39 is 11.9 Å². The lowest BCUT2D eigenvalue weighted by molar-refractivity contribution is 0.215. The van der Waals surface area contributed by atoms with Crippen LogP contribution in [0.2, 0.25) is 5.02 Å². The van der Waals surface area contributed by atoms with Crippen molar-refractivity contribution in [3.63, 3.8) is 0 Å². The largest absolute Gasteiger partial charge is 0.383 e. The molecule has 0 aliphatic rings. The standard InChI is InChI=1S/C16H11ClFNO/c17-13-6-3-5-12(15(13)18)16(20)11-8-10-4-1-2-7-14(10)19-9-11/h1-9,16,20H. The summed E-state index contributed by atoms with van der Waals surface area (Å²) < 4.78 is 13.9. The minimum absolute atomic E-state index is 0.00435. The second kappa shape index (κ2) is 5.19. The Labute approximate surface area is 120 Å². The molecule has 1 heterocycles. The first-order valence-corrected chi connectivity index (χ1v) is 6.51. The molecule has 0 saturated heterocycles. The van der Waals surface area contributed by atoms with E-state index in [-0.39, 0.29) is 10.6 Å². The second-order valence-electron chi connectivity index (χ2n) is 4.51. The van der Waals surface area contributed by atoms with Crippen LogP contribution in [0.25, 0.3) is 10.9 Å². The highest BCUT2D eigenvalue weighted by atomic mass is 35.5. The molecule has 3 rings (SSSR count). The lowest BCUT2D eigenvalue weighted by atomic mass is 10.0. The minimum atomic E-state index is -1.09. The fourth-order valence-electron chi connectivity index (χ4n) is 2.15. The molecule has 1 N–H and O–H groups in total. The van der Waals surface area contributed by atoms with E-state index in [0.717, 1.165) is 10.9 Å². The zero-order valence-electron chi connectivity index (χ0n) is 10.4. The summed E-state index contributed by atoms with van der Waals surface area (Å²) in [6.45, 7) is 0. The predicted molar refractivity (Wildman–Crippen MR) is 77.2 cm³/mol. The van der Waals surface area contributed by atoms with Gasteiger partial charge in [-0.2, -0.15) is 0 Å². The van der Waals surface area contributed by atoms with Gasteiger partial charge >= 0.3 is 0 Å². The third-order valence-corrected chi connectivity index (χ3v) is 3.50. The van der Waals surface area contributed by atoms with Gasteiger partial charge in [-0.3, -0.25) is 4.98 Å². The lowest BCUT2D eigenvalue weighted by Crippen LogP contribution is -2.03. The summed E-state index contributed by atoms with van der Waals surface area (Å²) >= 11 is 5.74. The number of hydrogen-bond acceptors (Lipinski definition) is 2. The number of fused-ring (bicyclic) bond motifs is 1. The van der Waals surface area contributed by atoms with Crippen LogP contribution in [0.4, 0.5) is 4.39 Å². The minimum Gasteiger partial charge on any atom is -0.383 e. The molecule has 0 aliphatic carbocycles. The maximum Gasteiger partial charge on any atom is 0.147 e. The molecule has 1 atom stereocenters. The van der Waals surface area contributed by atoms with Crippen molar-refractivity contribution in [1.29, 1.82) is 0 Å². The fourth-order valence-corrected chi connectivity index (χ4v) is 2.33. The van der Waals surface area contributed by atoms with Gasteiger partial charge in [-0.15, -0.1) is 0 Å². The molecule has 2 aromatic carbocycles. The van der Waals surface area contributed by atoms with Crippen LogP contribution in [0.5, 0.6) is 0 Å². The van der Waals surface area contributed by atoms with Gasteiger partial charge in [-0.05, 0) is 18.2 Å². The van der Waals surface area contributed by atoms with E-state index in [0.29, 0.717) is 5.56 Å². The summed E-state index contributed by atoms with van der Waals surface area (Å²) in [5, 5.41) is 11.2. The molecule has 1 unspecified atom stereocenters. The topological polar surface area (TPSA) is 33.1 Å². The predicted octanol–water partition coefficient (Wildman–Crippen LogP) is 4.11. The molecule has 0 aliphatic heterocycles. The zero-order valence-corrected chi connectivity index (χ0v) is 11.2. The number of aliphatic hydroxyl groups is 1. The van der Waals surface area contributed by atoms with Crippen LogP contribution < -0.4 is 0 Å². The number of hydrogen-bond donors (Lipinski definition) is 1. The number of pyridine rings is 1. The SMILES string of the molecule is OC(c1cnc2ccccc2c1)c1cccc(Cl)c1F. The molecule has 0 radical (unpaired) electrons. The van der Waals surface area contributed by atoms with Crippen LogP contribution in [0.3, 0.4) is 0 Å². The first kappa shape index (κ1) is 13.0. The van der Waals surface area contributed by atoms with Crippen molar-refractivity contribution in [2.24, 2.45) is 0 Å². The average Bonchev–Trinajstić information content (AvgIpc) is 2.49. The Morgan fingerprint density at radius 2 is 1.90 bits per heavy atom. The van der Waals surface area contributed by atoms with Crippen molar-refractivity contribution in [1.82, 2.24) is 4.98 Å². The number of halogens is 2. The van der Waals surface area contributed by atoms with Crippen molar-refractivity contribution >= 4 is 22.5 Å². The van der Waals surface area contributed by atoms with Crippen LogP contribution in [0.1, 0.15) is 17.2 Å². The number of benzene rings is 2. The van der Waals surface area contributed by atoms with E-state index in [4.69, 9.17) is 11.6 Å². The molecule has 4 heteroatoms. The van der Waals surface area contributed by atoms with Gasteiger partial charge in [0, 0.05) is 22.7 Å². The van der Waals surface area contributed by atoms with Crippen LogP contribution in [-0.2, 0) is 0 Å². The molecule has 3 aromatic rings. The van der Waals surface area contributed by atoms with Crippen LogP contribution in [0.15, 0.2) is 54.7 Å². The highest BCUT2D eigenvalue weighted by Crippen LogP contribution is 2.28. The van der Waals surface area contributed by atoms with E-state index in [9.17, 15) is 9.50 Å². The molecule has 100 valence electrons. The number of para-hydroxylation sites is 1. The van der Waals surface area contributed by atoms with Gasteiger partial charge in [0.2, 0.25) is 0 Å². The molecule has 0 bridgehead atoms. The Hall–Kier alpha value is -1.97. The van der Waals surface area contributed by atoms with Gasteiger partial charge in [0.15, 0.2) is 0 Å². The third-order valence-electron chi connectivity index (χ3n) is 3.20. The molecular formula is C16H11ClFNO. The van der Waals surface area contributed by atoms with Crippen LogP contribution in [0, 0.1) is 5.82 Å². The number of rotatable bonds is 2. The summed E-state index contributed by atoms with van der Waals surface area (Å²) in [6, 6.07) is 13.9. The monoisotopic (exact) mass is 287 g/mol. The maximum atomic E-state index is 13.9. The number of aromatic nitrogens is 1. The van der Waals surface area contributed by atoms with Crippen molar-refractivity contribution in [3.8, 4) is 0 Å². The van der Waals surface area contributed by atoms with E-state index >= 15 is 0 Å². The van der Waals surface area contributed by atoms with E-state index in [1.54, 1.807) is 18.3 Å². The molecule has 20 heavy (non-hydrogen) atoms. The van der Waals surface area contributed by atoms with Crippen molar-refractivity contribution < 1.29 is 9.50 Å². The molecule has 0 amide bonds. The van der Waals surface area contributed by atoms with Gasteiger partial charge in [0.1, 0.15) is 11.9 Å². The summed E-state index contributed by atoms with van der Waals surface area (Å²) in [7, 11) is 0. The van der Waals surface area contributed by atoms with Gasteiger partial charge in [-0.1, -0.05) is 41.9 Å². The Balaban J connectivity index is 2.08. The molecule has 0 fully saturated rings. The van der Waals surface area contributed by atoms with Crippen molar-refractivity contribution in [3.05, 3.63) is 76.7 Å². The molecular weight excluding hydrogens is 277 g/mol. The van der Waals surface area contributed by atoms with Gasteiger partial charge < -0.3 is 5.11 Å². The van der Waals surface area contributed by atoms with Crippen molar-refractivity contribution in [2.45, 2.75) is 6.10 Å². The molecule has 2 nitrogen and oxygen atoms in total. The Kier molecular flexibility index (Phi) is 3.38. The Morgan fingerprint density at radius 1 is 1.10 bits per heavy atom. The number of aliphatic hydroxyl groups excluding tert-OH is 1. The van der Waals surface area contributed by atoms with Crippen LogP contribution in [-0.4, -0.2) is 10.1 Å². The second-order valence-corrected chi connectivity index (χ2v) is 4.91. The van der Waals surface area contributed by atoms with Gasteiger partial charge in [-0.25, -0.2) is 4.39 Å². The summed E-state index contributed by atoms with van der Waals surface area (Å²) in [5.41, 5.74) is 1.51. The average molecular weight is 288 g/mol. The lowest BCUT2D eigenvalue weighted by Gasteiger charge is -2.13. The Bertz CT molecular complexity index is 775. The fraction of sp³-hybridized carbons (Fsp3) is 0.0625. The maximum absolute atomic E-state index is 13.9. The summed E-state index contributed by atoms with van der Waals surface area (Å²) in [6.07, 6.45) is 0.457. The summed E-state index contributed by atoms with van der Waals surface area (Å²) in [4.78, 5) is 4.26. The molecule has 0 saturated carbocycles. The zero-order chi connectivity index (χ0) is 14.1. The number of nitrogens with zero attached hydrogens (tertiary/aromatic N) is 1. The van der Waals surface area contributed by atoms with E-state index in [1.807, 2.05) is 24.3 Å². The van der Waals surface area contributed by atoms with E-state index in [1.165, 1.54) is 12.1 Å². The first-order valence-electron chi connectivity index (χ1n) is 6.13. The van der Waals surface area contributed by atoms with Gasteiger partial charge in [0.05, 0.1) is 10.5 Å². The molecule has 1 aromatic heterocycles. The van der Waals surface area contributed by atoms with E-state index in [2.05, 4.69) is 4.98 Å². The first-order chi connectivity index (χ1) is 9.66. The Morgan fingerprint density at radius 3 is 2.75 bits per heavy atom. The normalized spacial score (nSPS) is 12.6. The third kappa shape index (κ3) is 2.26. The van der Waals surface area contributed by atoms with Crippen LogP contribution >= 0.6 is 11.6 Å². The van der Waals surface area contributed by atoms with Crippen molar-refractivity contribution in [2.75, 3.05) is 0 Å².